The van der Waals surface area contributed by atoms with Crippen molar-refractivity contribution in [3.05, 3.63) is 24.0 Å². The Labute approximate surface area is 98.8 Å². The van der Waals surface area contributed by atoms with E-state index >= 15 is 0 Å². The van der Waals surface area contributed by atoms with Gasteiger partial charge in [0.15, 0.2) is 0 Å². The van der Waals surface area contributed by atoms with Crippen LogP contribution in [-0.2, 0) is 4.79 Å². The third-order valence-corrected chi connectivity index (χ3v) is 2.34. The zero-order valence-corrected chi connectivity index (χ0v) is 9.73. The molecular weight excluding hydrogens is 222 g/mol. The number of hydrogen-bond donors (Lipinski definition) is 3. The molecule has 0 saturated carbocycles. The number of rotatable bonds is 4. The van der Waals surface area contributed by atoms with Crippen molar-refractivity contribution in [3.8, 4) is 5.75 Å². The number of hydrogen-bond acceptors (Lipinski definition) is 4. The fourth-order valence-corrected chi connectivity index (χ4v) is 1.04. The average molecular weight is 237 g/mol. The van der Waals surface area contributed by atoms with Gasteiger partial charge in [0.2, 0.25) is 5.91 Å². The van der Waals surface area contributed by atoms with E-state index in [0.29, 0.717) is 0 Å². The zero-order chi connectivity index (χ0) is 13.1. The van der Waals surface area contributed by atoms with Crippen LogP contribution >= 0.6 is 0 Å². The minimum Gasteiger partial charge on any atom is -0.506 e. The molecule has 4 N–H and O–H groups in total. The van der Waals surface area contributed by atoms with E-state index in [1.54, 1.807) is 13.8 Å². The van der Waals surface area contributed by atoms with Gasteiger partial charge in [-0.05, 0) is 19.9 Å². The number of pyridine rings is 1. The maximum absolute atomic E-state index is 11.7. The lowest BCUT2D eigenvalue weighted by atomic mass is 9.93. The van der Waals surface area contributed by atoms with Gasteiger partial charge in [-0.15, -0.1) is 0 Å². The predicted octanol–water partition coefficient (Wildman–Crippen LogP) is 0.0285. The topological polar surface area (TPSA) is 105 Å². The van der Waals surface area contributed by atoms with E-state index in [2.05, 4.69) is 10.3 Å². The lowest BCUT2D eigenvalue weighted by Crippen LogP contribution is -2.42. The van der Waals surface area contributed by atoms with E-state index in [1.807, 2.05) is 0 Å². The molecule has 1 aromatic heterocycles. The number of amides is 2. The number of aromatic nitrogens is 1. The summed E-state index contributed by atoms with van der Waals surface area (Å²) in [6, 6.07) is 1.29. The normalized spacial score (nSPS) is 10.9. The second-order valence-electron chi connectivity index (χ2n) is 4.36. The van der Waals surface area contributed by atoms with Gasteiger partial charge in [-0.25, -0.2) is 0 Å². The molecule has 0 aliphatic heterocycles. The Morgan fingerprint density at radius 3 is 2.65 bits per heavy atom. The lowest BCUT2D eigenvalue weighted by Gasteiger charge is -2.20. The van der Waals surface area contributed by atoms with E-state index in [-0.39, 0.29) is 17.9 Å². The van der Waals surface area contributed by atoms with Gasteiger partial charge >= 0.3 is 0 Å². The molecule has 0 atom stereocenters. The first-order valence-electron chi connectivity index (χ1n) is 5.05. The summed E-state index contributed by atoms with van der Waals surface area (Å²) < 4.78 is 0. The Morgan fingerprint density at radius 2 is 2.12 bits per heavy atom. The number of aromatic hydroxyl groups is 1. The number of carbonyl (C=O) groups is 2. The molecule has 17 heavy (non-hydrogen) atoms. The summed E-state index contributed by atoms with van der Waals surface area (Å²) >= 11 is 0. The van der Waals surface area contributed by atoms with Gasteiger partial charge in [-0.1, -0.05) is 0 Å². The molecule has 0 aromatic carbocycles. The van der Waals surface area contributed by atoms with Crippen molar-refractivity contribution in [1.82, 2.24) is 10.3 Å². The highest BCUT2D eigenvalue weighted by molar-refractivity contribution is 5.94. The van der Waals surface area contributed by atoms with Gasteiger partial charge in [0.05, 0.1) is 17.2 Å². The van der Waals surface area contributed by atoms with Gasteiger partial charge in [0, 0.05) is 12.7 Å². The average Bonchev–Trinajstić information content (AvgIpc) is 2.25. The largest absolute Gasteiger partial charge is 0.506 e. The summed E-state index contributed by atoms with van der Waals surface area (Å²) in [6.07, 6.45) is 2.55. The molecule has 1 rings (SSSR count). The fraction of sp³-hybridized carbons (Fsp3) is 0.364. The smallest absolute Gasteiger partial charge is 0.253 e. The quantitative estimate of drug-likeness (QED) is 0.686. The van der Waals surface area contributed by atoms with Crippen molar-refractivity contribution < 1.29 is 14.7 Å². The van der Waals surface area contributed by atoms with Crippen molar-refractivity contribution in [1.29, 1.82) is 0 Å². The van der Waals surface area contributed by atoms with Crippen LogP contribution < -0.4 is 11.1 Å². The van der Waals surface area contributed by atoms with Gasteiger partial charge in [-0.2, -0.15) is 0 Å². The molecule has 1 aromatic rings. The van der Waals surface area contributed by atoms with E-state index in [9.17, 15) is 9.59 Å². The molecule has 0 aliphatic carbocycles. The third-order valence-electron chi connectivity index (χ3n) is 2.34. The van der Waals surface area contributed by atoms with Crippen LogP contribution in [-0.4, -0.2) is 28.4 Å². The Morgan fingerprint density at radius 1 is 1.47 bits per heavy atom. The lowest BCUT2D eigenvalue weighted by molar-refractivity contribution is -0.125. The Hall–Kier alpha value is -2.11. The van der Waals surface area contributed by atoms with Crippen LogP contribution in [0, 0.1) is 5.41 Å². The molecule has 92 valence electrons. The van der Waals surface area contributed by atoms with Gasteiger partial charge in [0.1, 0.15) is 5.75 Å². The van der Waals surface area contributed by atoms with Crippen LogP contribution in [0.4, 0.5) is 0 Å². The van der Waals surface area contributed by atoms with Crippen LogP contribution in [0.5, 0.6) is 5.75 Å². The van der Waals surface area contributed by atoms with Crippen molar-refractivity contribution in [2.24, 2.45) is 11.1 Å². The standard InChI is InChI=1S/C11H15N3O3/c1-11(2,10(12)17)6-14-9(16)7-3-8(15)5-13-4-7/h3-5,15H,6H2,1-2H3,(H2,12,17)(H,14,16). The first kappa shape index (κ1) is 13.0. The Balaban J connectivity index is 2.65. The van der Waals surface area contributed by atoms with Crippen molar-refractivity contribution in [3.63, 3.8) is 0 Å². The summed E-state index contributed by atoms with van der Waals surface area (Å²) in [5.74, 6) is -0.999. The monoisotopic (exact) mass is 237 g/mol. The first-order valence-corrected chi connectivity index (χ1v) is 5.05. The van der Waals surface area contributed by atoms with Crippen LogP contribution in [0.2, 0.25) is 0 Å². The minimum atomic E-state index is -0.820. The number of carbonyl (C=O) groups excluding carboxylic acids is 2. The molecule has 2 amide bonds. The molecule has 0 bridgehead atoms. The molecule has 0 aliphatic rings. The first-order chi connectivity index (χ1) is 7.83. The van der Waals surface area contributed by atoms with Crippen LogP contribution in [0.1, 0.15) is 24.2 Å². The van der Waals surface area contributed by atoms with Crippen LogP contribution in [0.15, 0.2) is 18.5 Å². The molecule has 0 radical (unpaired) electrons. The van der Waals surface area contributed by atoms with E-state index in [1.165, 1.54) is 18.5 Å². The number of primary amides is 1. The minimum absolute atomic E-state index is 0.0909. The number of nitrogens with one attached hydrogen (secondary N) is 1. The number of nitrogens with zero attached hydrogens (tertiary/aromatic N) is 1. The van der Waals surface area contributed by atoms with E-state index in [0.717, 1.165) is 0 Å². The molecule has 0 unspecified atom stereocenters. The molecular formula is C11H15N3O3. The maximum Gasteiger partial charge on any atom is 0.253 e. The highest BCUT2D eigenvalue weighted by Gasteiger charge is 2.25. The van der Waals surface area contributed by atoms with Crippen molar-refractivity contribution >= 4 is 11.8 Å². The second kappa shape index (κ2) is 4.82. The van der Waals surface area contributed by atoms with Gasteiger partial charge in [0.25, 0.3) is 5.91 Å². The van der Waals surface area contributed by atoms with Gasteiger partial charge in [-0.3, -0.25) is 14.6 Å². The summed E-state index contributed by atoms with van der Waals surface area (Å²) in [5.41, 5.74) is 4.58. The highest BCUT2D eigenvalue weighted by Crippen LogP contribution is 2.13. The predicted molar refractivity (Wildman–Crippen MR) is 61.2 cm³/mol. The molecule has 0 saturated heterocycles. The van der Waals surface area contributed by atoms with Gasteiger partial charge < -0.3 is 16.2 Å². The summed E-state index contributed by atoms with van der Waals surface area (Å²) in [5, 5.41) is 11.7. The molecule has 1 heterocycles. The van der Waals surface area contributed by atoms with Crippen LogP contribution in [0.3, 0.4) is 0 Å². The zero-order valence-electron chi connectivity index (χ0n) is 9.73. The number of nitrogens with two attached hydrogens (primary N) is 1. The molecule has 0 spiro atoms. The fourth-order valence-electron chi connectivity index (χ4n) is 1.04. The molecule has 0 fully saturated rings. The summed E-state index contributed by atoms with van der Waals surface area (Å²) in [6.45, 7) is 3.39. The van der Waals surface area contributed by atoms with E-state index < -0.39 is 17.2 Å². The van der Waals surface area contributed by atoms with E-state index in [4.69, 9.17) is 10.8 Å². The SMILES string of the molecule is CC(C)(CNC(=O)c1cncc(O)c1)C(N)=O. The second-order valence-corrected chi connectivity index (χ2v) is 4.36. The van der Waals surface area contributed by atoms with Crippen LogP contribution in [0.25, 0.3) is 0 Å². The third kappa shape index (κ3) is 3.44. The molecule has 6 heteroatoms. The highest BCUT2D eigenvalue weighted by atomic mass is 16.3. The summed E-state index contributed by atoms with van der Waals surface area (Å²) in [4.78, 5) is 26.4. The van der Waals surface area contributed by atoms with Crippen molar-refractivity contribution in [2.75, 3.05) is 6.54 Å². The maximum atomic E-state index is 11.7. The molecule has 6 nitrogen and oxygen atoms in total. The summed E-state index contributed by atoms with van der Waals surface area (Å²) in [7, 11) is 0. The Bertz CT molecular complexity index is 443. The Kier molecular flexibility index (Phi) is 3.67. The van der Waals surface area contributed by atoms with Crippen molar-refractivity contribution in [2.45, 2.75) is 13.8 Å².